The molecule has 0 fully saturated rings. The average molecular weight is 403 g/mol. The minimum atomic E-state index is -0.141. The number of thiophene rings is 1. The molecule has 0 spiro atoms. The molecule has 6 nitrogen and oxygen atoms in total. The van der Waals surface area contributed by atoms with E-state index in [0.717, 1.165) is 30.1 Å². The van der Waals surface area contributed by atoms with Gasteiger partial charge in [-0.25, -0.2) is 4.79 Å². The summed E-state index contributed by atoms with van der Waals surface area (Å²) >= 11 is 1.65. The minimum absolute atomic E-state index is 0.134. The standard InChI is InChI=1S/C21H30N4O2S/c1-5-24(6-2)11-12-25(15-19-8-7-13-28-19)21(27)23-18-10-9-16(3)20(14-18)22-17(4)26/h7-10,13-14H,5-6,11-12,15H2,1-4H3,(H,22,26)(H,23,27). The van der Waals surface area contributed by atoms with E-state index in [0.29, 0.717) is 24.5 Å². The molecule has 7 heteroatoms. The molecule has 0 radical (unpaired) electrons. The van der Waals surface area contributed by atoms with Gasteiger partial charge in [-0.3, -0.25) is 4.79 Å². The van der Waals surface area contributed by atoms with Crippen LogP contribution in [-0.2, 0) is 11.3 Å². The van der Waals surface area contributed by atoms with Crippen molar-refractivity contribution in [3.8, 4) is 0 Å². The number of hydrogen-bond donors (Lipinski definition) is 2. The summed E-state index contributed by atoms with van der Waals surface area (Å²) in [5.41, 5.74) is 2.32. The number of likely N-dealkylation sites (N-methyl/N-ethyl adjacent to an activating group) is 1. The van der Waals surface area contributed by atoms with E-state index in [1.807, 2.05) is 41.5 Å². The number of urea groups is 1. The van der Waals surface area contributed by atoms with Crippen LogP contribution in [0.2, 0.25) is 0 Å². The van der Waals surface area contributed by atoms with Gasteiger partial charge in [-0.2, -0.15) is 0 Å². The SMILES string of the molecule is CCN(CC)CCN(Cc1cccs1)C(=O)Nc1ccc(C)c(NC(C)=O)c1. The van der Waals surface area contributed by atoms with E-state index in [9.17, 15) is 9.59 Å². The number of rotatable bonds is 9. The summed E-state index contributed by atoms with van der Waals surface area (Å²) in [6.45, 7) is 11.6. The Morgan fingerprint density at radius 1 is 1.07 bits per heavy atom. The van der Waals surface area contributed by atoms with Gasteiger partial charge in [-0.15, -0.1) is 11.3 Å². The van der Waals surface area contributed by atoms with E-state index in [1.165, 1.54) is 6.92 Å². The number of carbonyl (C=O) groups is 2. The van der Waals surface area contributed by atoms with Crippen LogP contribution in [0, 0.1) is 6.92 Å². The number of carbonyl (C=O) groups excluding carboxylic acids is 2. The highest BCUT2D eigenvalue weighted by molar-refractivity contribution is 7.09. The topological polar surface area (TPSA) is 64.7 Å². The van der Waals surface area contributed by atoms with Gasteiger partial charge in [0.25, 0.3) is 0 Å². The van der Waals surface area contributed by atoms with Crippen LogP contribution in [0.3, 0.4) is 0 Å². The smallest absolute Gasteiger partial charge is 0.322 e. The molecule has 0 saturated carbocycles. The number of amides is 3. The van der Waals surface area contributed by atoms with Crippen molar-refractivity contribution in [2.45, 2.75) is 34.2 Å². The molecule has 0 aliphatic heterocycles. The van der Waals surface area contributed by atoms with Gasteiger partial charge >= 0.3 is 6.03 Å². The van der Waals surface area contributed by atoms with Crippen molar-refractivity contribution in [3.63, 3.8) is 0 Å². The molecule has 28 heavy (non-hydrogen) atoms. The first kappa shape index (κ1) is 21.9. The highest BCUT2D eigenvalue weighted by atomic mass is 32.1. The first-order valence-electron chi connectivity index (χ1n) is 9.61. The van der Waals surface area contributed by atoms with Crippen molar-refractivity contribution in [1.82, 2.24) is 9.80 Å². The van der Waals surface area contributed by atoms with Crippen LogP contribution < -0.4 is 10.6 Å². The van der Waals surface area contributed by atoms with Crippen LogP contribution in [0.25, 0.3) is 0 Å². The Morgan fingerprint density at radius 3 is 2.43 bits per heavy atom. The predicted molar refractivity (Wildman–Crippen MR) is 117 cm³/mol. The van der Waals surface area contributed by atoms with Crippen molar-refractivity contribution in [2.75, 3.05) is 36.8 Å². The lowest BCUT2D eigenvalue weighted by atomic mass is 10.2. The Balaban J connectivity index is 2.11. The molecule has 2 N–H and O–H groups in total. The third kappa shape index (κ3) is 6.65. The van der Waals surface area contributed by atoms with Crippen LogP contribution in [0.1, 0.15) is 31.2 Å². The minimum Gasteiger partial charge on any atom is -0.326 e. The largest absolute Gasteiger partial charge is 0.326 e. The maximum Gasteiger partial charge on any atom is 0.322 e. The molecule has 2 aromatic rings. The zero-order valence-corrected chi connectivity index (χ0v) is 17.9. The highest BCUT2D eigenvalue weighted by Crippen LogP contribution is 2.21. The fourth-order valence-electron chi connectivity index (χ4n) is 2.87. The molecule has 152 valence electrons. The molecule has 1 aromatic heterocycles. The maximum absolute atomic E-state index is 13.0. The molecule has 2 rings (SSSR count). The van der Waals surface area contributed by atoms with E-state index in [-0.39, 0.29) is 11.9 Å². The second-order valence-electron chi connectivity index (χ2n) is 6.67. The van der Waals surface area contributed by atoms with Gasteiger partial charge in [0.05, 0.1) is 6.54 Å². The van der Waals surface area contributed by atoms with Gasteiger partial charge < -0.3 is 20.4 Å². The van der Waals surface area contributed by atoms with Gasteiger partial charge in [0.2, 0.25) is 5.91 Å². The van der Waals surface area contributed by atoms with Crippen molar-refractivity contribution in [1.29, 1.82) is 0 Å². The summed E-state index contributed by atoms with van der Waals surface area (Å²) < 4.78 is 0. The van der Waals surface area contributed by atoms with E-state index in [2.05, 4.69) is 29.4 Å². The van der Waals surface area contributed by atoms with E-state index >= 15 is 0 Å². The van der Waals surface area contributed by atoms with Crippen LogP contribution in [-0.4, -0.2) is 47.9 Å². The Hall–Kier alpha value is -2.38. The van der Waals surface area contributed by atoms with Crippen LogP contribution in [0.15, 0.2) is 35.7 Å². The maximum atomic E-state index is 13.0. The van der Waals surface area contributed by atoms with E-state index in [4.69, 9.17) is 0 Å². The molecular formula is C21H30N4O2S. The number of hydrogen-bond acceptors (Lipinski definition) is 4. The Labute approximate surface area is 171 Å². The molecule has 0 aliphatic carbocycles. The van der Waals surface area contributed by atoms with Gasteiger partial charge in [-0.05, 0) is 49.2 Å². The number of anilines is 2. The zero-order valence-electron chi connectivity index (χ0n) is 17.1. The lowest BCUT2D eigenvalue weighted by molar-refractivity contribution is -0.114. The fourth-order valence-corrected chi connectivity index (χ4v) is 3.59. The Morgan fingerprint density at radius 2 is 1.82 bits per heavy atom. The molecule has 1 heterocycles. The van der Waals surface area contributed by atoms with Gasteiger partial charge in [-0.1, -0.05) is 26.0 Å². The van der Waals surface area contributed by atoms with Crippen molar-refractivity contribution in [2.24, 2.45) is 0 Å². The molecular weight excluding hydrogens is 372 g/mol. The summed E-state index contributed by atoms with van der Waals surface area (Å²) in [6, 6.07) is 9.44. The summed E-state index contributed by atoms with van der Waals surface area (Å²) in [5, 5.41) is 7.80. The summed E-state index contributed by atoms with van der Waals surface area (Å²) in [4.78, 5) is 29.6. The van der Waals surface area contributed by atoms with Crippen LogP contribution in [0.4, 0.5) is 16.2 Å². The van der Waals surface area contributed by atoms with E-state index in [1.54, 1.807) is 17.4 Å². The monoisotopic (exact) mass is 402 g/mol. The Bertz CT molecular complexity index is 773. The van der Waals surface area contributed by atoms with Gasteiger partial charge in [0, 0.05) is 36.3 Å². The zero-order chi connectivity index (χ0) is 20.5. The first-order chi connectivity index (χ1) is 13.4. The number of aryl methyl sites for hydroxylation is 1. The lowest BCUT2D eigenvalue weighted by Gasteiger charge is -2.26. The molecule has 0 atom stereocenters. The summed E-state index contributed by atoms with van der Waals surface area (Å²) in [5.74, 6) is -0.134. The average Bonchev–Trinajstić information content (AvgIpc) is 3.17. The third-order valence-electron chi connectivity index (χ3n) is 4.59. The second kappa shape index (κ2) is 10.8. The second-order valence-corrected chi connectivity index (χ2v) is 7.70. The van der Waals surface area contributed by atoms with Crippen LogP contribution >= 0.6 is 11.3 Å². The quantitative estimate of drug-likeness (QED) is 0.654. The van der Waals surface area contributed by atoms with Crippen molar-refractivity contribution >= 4 is 34.6 Å². The molecule has 1 aromatic carbocycles. The Kier molecular flexibility index (Phi) is 8.47. The first-order valence-corrected chi connectivity index (χ1v) is 10.5. The fraction of sp³-hybridized carbons (Fsp3) is 0.429. The number of nitrogens with one attached hydrogen (secondary N) is 2. The molecule has 0 saturated heterocycles. The van der Waals surface area contributed by atoms with Gasteiger partial charge in [0.15, 0.2) is 0 Å². The third-order valence-corrected chi connectivity index (χ3v) is 5.46. The summed E-state index contributed by atoms with van der Waals surface area (Å²) in [7, 11) is 0. The normalized spacial score (nSPS) is 10.8. The van der Waals surface area contributed by atoms with Gasteiger partial charge in [0.1, 0.15) is 0 Å². The molecule has 0 unspecified atom stereocenters. The highest BCUT2D eigenvalue weighted by Gasteiger charge is 2.16. The lowest BCUT2D eigenvalue weighted by Crippen LogP contribution is -2.40. The number of benzene rings is 1. The molecule has 0 aliphatic rings. The molecule has 0 bridgehead atoms. The summed E-state index contributed by atoms with van der Waals surface area (Å²) in [6.07, 6.45) is 0. The molecule has 3 amide bonds. The van der Waals surface area contributed by atoms with E-state index < -0.39 is 0 Å². The van der Waals surface area contributed by atoms with Crippen molar-refractivity contribution in [3.05, 3.63) is 46.2 Å². The predicted octanol–water partition coefficient (Wildman–Crippen LogP) is 4.39. The number of nitrogens with zero attached hydrogens (tertiary/aromatic N) is 2. The van der Waals surface area contributed by atoms with Crippen LogP contribution in [0.5, 0.6) is 0 Å². The van der Waals surface area contributed by atoms with Crippen molar-refractivity contribution < 1.29 is 9.59 Å².